The summed E-state index contributed by atoms with van der Waals surface area (Å²) in [6.45, 7) is 5.85. The lowest BCUT2D eigenvalue weighted by Gasteiger charge is -2.29. The molecule has 0 atom stereocenters. The predicted molar refractivity (Wildman–Crippen MR) is 111 cm³/mol. The lowest BCUT2D eigenvalue weighted by atomic mass is 10.1. The molecule has 0 aromatic heterocycles. The van der Waals surface area contributed by atoms with Crippen molar-refractivity contribution in [3.63, 3.8) is 0 Å². The van der Waals surface area contributed by atoms with Crippen molar-refractivity contribution in [1.82, 2.24) is 15.1 Å². The van der Waals surface area contributed by atoms with Crippen molar-refractivity contribution in [2.45, 2.75) is 19.9 Å². The monoisotopic (exact) mass is 390 g/mol. The van der Waals surface area contributed by atoms with E-state index in [1.54, 1.807) is 29.2 Å². The van der Waals surface area contributed by atoms with Crippen LogP contribution in [0.3, 0.4) is 0 Å². The number of carbonyl (C=O) groups is 2. The van der Waals surface area contributed by atoms with Crippen LogP contribution in [0.15, 0.2) is 48.5 Å². The zero-order chi connectivity index (χ0) is 20.6. The summed E-state index contributed by atoms with van der Waals surface area (Å²) in [7, 11) is 0. The molecule has 1 aliphatic rings. The summed E-state index contributed by atoms with van der Waals surface area (Å²) in [6.07, 6.45) is 0.299. The molecular weight excluding hydrogens is 364 g/mol. The Balaban J connectivity index is 1.72. The number of benzene rings is 2. The van der Waals surface area contributed by atoms with Gasteiger partial charge in [0.05, 0.1) is 11.6 Å². The van der Waals surface area contributed by atoms with E-state index in [1.165, 1.54) is 0 Å². The van der Waals surface area contributed by atoms with Crippen LogP contribution in [-0.2, 0) is 11.3 Å². The quantitative estimate of drug-likeness (QED) is 0.821. The zero-order valence-electron chi connectivity index (χ0n) is 16.7. The molecule has 6 heteroatoms. The first-order valence-electron chi connectivity index (χ1n) is 9.90. The van der Waals surface area contributed by atoms with E-state index in [-0.39, 0.29) is 11.8 Å². The average Bonchev–Trinajstić information content (AvgIpc) is 2.78. The van der Waals surface area contributed by atoms with Gasteiger partial charge in [0.1, 0.15) is 0 Å². The molecule has 3 rings (SSSR count). The Morgan fingerprint density at radius 3 is 2.34 bits per heavy atom. The van der Waals surface area contributed by atoms with Crippen molar-refractivity contribution in [2.24, 2.45) is 0 Å². The molecule has 0 saturated carbocycles. The second kappa shape index (κ2) is 9.85. The fraction of sp³-hybridized carbons (Fsp3) is 0.348. The van der Waals surface area contributed by atoms with E-state index in [1.807, 2.05) is 36.1 Å². The van der Waals surface area contributed by atoms with E-state index < -0.39 is 0 Å². The summed E-state index contributed by atoms with van der Waals surface area (Å²) in [5.74, 6) is -0.0591. The third kappa shape index (κ3) is 5.66. The van der Waals surface area contributed by atoms with E-state index in [0.717, 1.165) is 24.2 Å². The second-order valence-electron chi connectivity index (χ2n) is 7.28. The van der Waals surface area contributed by atoms with Gasteiger partial charge < -0.3 is 15.1 Å². The van der Waals surface area contributed by atoms with E-state index in [2.05, 4.69) is 11.4 Å². The van der Waals surface area contributed by atoms with E-state index in [4.69, 9.17) is 5.26 Å². The molecule has 0 bridgehead atoms. The lowest BCUT2D eigenvalue weighted by molar-refractivity contribution is -0.132. The SMILES string of the molecule is Cc1ccc(CN(CCC(=O)N2CCNCC2)C(=O)c2ccc(C#N)cc2)cc1. The van der Waals surface area contributed by atoms with Crippen LogP contribution in [0.5, 0.6) is 0 Å². The van der Waals surface area contributed by atoms with Crippen molar-refractivity contribution in [3.05, 3.63) is 70.8 Å². The van der Waals surface area contributed by atoms with Gasteiger partial charge >= 0.3 is 0 Å². The molecule has 29 heavy (non-hydrogen) atoms. The maximum atomic E-state index is 13.1. The van der Waals surface area contributed by atoms with Gasteiger partial charge in [0.2, 0.25) is 5.91 Å². The number of nitrogens with zero attached hydrogens (tertiary/aromatic N) is 3. The summed E-state index contributed by atoms with van der Waals surface area (Å²) in [5, 5.41) is 12.2. The lowest BCUT2D eigenvalue weighted by Crippen LogP contribution is -2.47. The third-order valence-electron chi connectivity index (χ3n) is 5.11. The maximum Gasteiger partial charge on any atom is 0.254 e. The van der Waals surface area contributed by atoms with Crippen LogP contribution in [0, 0.1) is 18.3 Å². The predicted octanol–water partition coefficient (Wildman–Crippen LogP) is 2.33. The fourth-order valence-electron chi connectivity index (χ4n) is 3.34. The van der Waals surface area contributed by atoms with Crippen LogP contribution in [0.2, 0.25) is 0 Å². The first-order chi connectivity index (χ1) is 14.1. The molecule has 1 saturated heterocycles. The summed E-state index contributed by atoms with van der Waals surface area (Å²) >= 11 is 0. The maximum absolute atomic E-state index is 13.1. The molecule has 0 radical (unpaired) electrons. The standard InChI is InChI=1S/C23H26N4O2/c1-18-2-4-20(5-3-18)17-27(13-10-22(28)26-14-11-25-12-15-26)23(29)21-8-6-19(16-24)7-9-21/h2-9,25H,10-15,17H2,1H3. The van der Waals surface area contributed by atoms with Gasteiger partial charge in [-0.05, 0) is 36.8 Å². The summed E-state index contributed by atoms with van der Waals surface area (Å²) in [6, 6.07) is 16.7. The molecule has 2 aromatic carbocycles. The van der Waals surface area contributed by atoms with Gasteiger partial charge in [0, 0.05) is 51.3 Å². The number of nitrogens with one attached hydrogen (secondary N) is 1. The fourth-order valence-corrected chi connectivity index (χ4v) is 3.34. The average molecular weight is 390 g/mol. The van der Waals surface area contributed by atoms with Crippen LogP contribution in [0.4, 0.5) is 0 Å². The zero-order valence-corrected chi connectivity index (χ0v) is 16.7. The Labute approximate surface area is 171 Å². The minimum Gasteiger partial charge on any atom is -0.340 e. The van der Waals surface area contributed by atoms with E-state index in [0.29, 0.717) is 43.7 Å². The van der Waals surface area contributed by atoms with Crippen molar-refractivity contribution in [3.8, 4) is 6.07 Å². The van der Waals surface area contributed by atoms with Gasteiger partial charge in [-0.3, -0.25) is 9.59 Å². The normalized spacial score (nSPS) is 13.6. The molecule has 2 aromatic rings. The molecule has 1 N–H and O–H groups in total. The number of rotatable bonds is 6. The van der Waals surface area contributed by atoms with E-state index >= 15 is 0 Å². The summed E-state index contributed by atoms with van der Waals surface area (Å²) in [5.41, 5.74) is 3.21. The Bertz CT molecular complexity index is 879. The molecule has 1 fully saturated rings. The van der Waals surface area contributed by atoms with Gasteiger partial charge in [-0.25, -0.2) is 0 Å². The molecule has 1 heterocycles. The highest BCUT2D eigenvalue weighted by atomic mass is 16.2. The molecule has 0 aliphatic carbocycles. The highest BCUT2D eigenvalue weighted by Gasteiger charge is 2.21. The first kappa shape index (κ1) is 20.6. The van der Waals surface area contributed by atoms with Crippen molar-refractivity contribution >= 4 is 11.8 Å². The van der Waals surface area contributed by atoms with Crippen LogP contribution >= 0.6 is 0 Å². The Morgan fingerprint density at radius 2 is 1.72 bits per heavy atom. The Hall–Kier alpha value is -3.17. The minimum atomic E-state index is -0.136. The second-order valence-corrected chi connectivity index (χ2v) is 7.28. The third-order valence-corrected chi connectivity index (χ3v) is 5.11. The first-order valence-corrected chi connectivity index (χ1v) is 9.90. The molecule has 150 valence electrons. The molecule has 2 amide bonds. The van der Waals surface area contributed by atoms with Gasteiger partial charge in [0.15, 0.2) is 0 Å². The number of carbonyl (C=O) groups excluding carboxylic acids is 2. The van der Waals surface area contributed by atoms with Crippen molar-refractivity contribution in [1.29, 1.82) is 5.26 Å². The topological polar surface area (TPSA) is 76.4 Å². The number of piperazine rings is 1. The Kier molecular flexibility index (Phi) is 6.99. The van der Waals surface area contributed by atoms with Crippen LogP contribution in [0.25, 0.3) is 0 Å². The van der Waals surface area contributed by atoms with Gasteiger partial charge in [-0.2, -0.15) is 5.26 Å². The molecule has 0 unspecified atom stereocenters. The minimum absolute atomic E-state index is 0.0769. The number of aryl methyl sites for hydroxylation is 1. The smallest absolute Gasteiger partial charge is 0.254 e. The Morgan fingerprint density at radius 1 is 1.07 bits per heavy atom. The van der Waals surface area contributed by atoms with Gasteiger partial charge in [-0.15, -0.1) is 0 Å². The van der Waals surface area contributed by atoms with Crippen molar-refractivity contribution < 1.29 is 9.59 Å². The van der Waals surface area contributed by atoms with Crippen LogP contribution in [0.1, 0.15) is 33.5 Å². The van der Waals surface area contributed by atoms with Crippen molar-refractivity contribution in [2.75, 3.05) is 32.7 Å². The van der Waals surface area contributed by atoms with Gasteiger partial charge in [-0.1, -0.05) is 29.8 Å². The number of hydrogen-bond donors (Lipinski definition) is 1. The molecule has 0 spiro atoms. The molecular formula is C23H26N4O2. The van der Waals surface area contributed by atoms with Gasteiger partial charge in [0.25, 0.3) is 5.91 Å². The van der Waals surface area contributed by atoms with E-state index in [9.17, 15) is 9.59 Å². The summed E-state index contributed by atoms with van der Waals surface area (Å²) < 4.78 is 0. The highest BCUT2D eigenvalue weighted by Crippen LogP contribution is 2.13. The number of nitriles is 1. The molecule has 6 nitrogen and oxygen atoms in total. The number of hydrogen-bond acceptors (Lipinski definition) is 4. The largest absolute Gasteiger partial charge is 0.340 e. The van der Waals surface area contributed by atoms with Crippen LogP contribution < -0.4 is 5.32 Å². The highest BCUT2D eigenvalue weighted by molar-refractivity contribution is 5.94. The molecule has 1 aliphatic heterocycles. The number of amides is 2. The summed E-state index contributed by atoms with van der Waals surface area (Å²) in [4.78, 5) is 29.2. The van der Waals surface area contributed by atoms with Crippen LogP contribution in [-0.4, -0.2) is 54.3 Å².